The molecule has 7 nitrogen and oxygen atoms in total. The van der Waals surface area contributed by atoms with Gasteiger partial charge in [-0.15, -0.1) is 0 Å². The van der Waals surface area contributed by atoms with Crippen LogP contribution in [-0.4, -0.2) is 49.5 Å². The lowest BCUT2D eigenvalue weighted by molar-refractivity contribution is -0.142. The number of hydrogen-bond acceptors (Lipinski definition) is 4. The summed E-state index contributed by atoms with van der Waals surface area (Å²) < 4.78 is 53.3. The molecule has 0 spiro atoms. The molecule has 3 aromatic carbocycles. The van der Waals surface area contributed by atoms with E-state index in [1.165, 1.54) is 4.90 Å². The van der Waals surface area contributed by atoms with Gasteiger partial charge in [0.1, 0.15) is 6.04 Å². The molecule has 3 aromatic rings. The summed E-state index contributed by atoms with van der Waals surface area (Å²) in [5.41, 5.74) is 0.753. The van der Waals surface area contributed by atoms with E-state index in [0.717, 1.165) is 34.3 Å². The minimum atomic E-state index is -3.89. The van der Waals surface area contributed by atoms with Crippen molar-refractivity contribution < 1.29 is 26.8 Å². The highest BCUT2D eigenvalue weighted by molar-refractivity contribution is 7.92. The van der Waals surface area contributed by atoms with Crippen LogP contribution in [0.25, 0.3) is 0 Å². The Morgan fingerprint density at radius 1 is 0.953 bits per heavy atom. The number of halogens is 4. The molecular formula is C31H35Cl2F2N3O4S. The van der Waals surface area contributed by atoms with E-state index in [-0.39, 0.29) is 43.9 Å². The maximum Gasteiger partial charge on any atom is 0.243 e. The molecule has 0 aromatic heterocycles. The Morgan fingerprint density at radius 2 is 1.63 bits per heavy atom. The number of anilines is 1. The van der Waals surface area contributed by atoms with Crippen LogP contribution in [0.2, 0.25) is 10.0 Å². The fourth-order valence-corrected chi connectivity index (χ4v) is 5.91. The summed E-state index contributed by atoms with van der Waals surface area (Å²) in [4.78, 5) is 29.0. The van der Waals surface area contributed by atoms with Crippen molar-refractivity contribution in [2.75, 3.05) is 17.1 Å². The summed E-state index contributed by atoms with van der Waals surface area (Å²) in [6.45, 7) is 5.33. The molecule has 0 aliphatic carbocycles. The standard InChI is InChI=1S/C31H35Cl2F2N3O4S/c1-31(2,3)36-30(40)28(17-21-9-6-5-7-10-21)37(20-22-12-13-23(32)18-25(22)33)29(39)11-8-16-38(43(4,41)42)24-14-15-26(34)27(35)19-24/h5-7,9-10,12-15,18-19,28H,8,11,16-17,20H2,1-4H3,(H,36,40). The SMILES string of the molecule is CC(C)(C)NC(=O)C(Cc1ccccc1)N(Cc1ccc(Cl)cc1Cl)C(=O)CCCN(c1ccc(F)c(F)c1)S(C)(=O)=O. The van der Waals surface area contributed by atoms with Gasteiger partial charge in [0.25, 0.3) is 0 Å². The van der Waals surface area contributed by atoms with Gasteiger partial charge in [-0.05, 0) is 62.6 Å². The fourth-order valence-electron chi connectivity index (χ4n) is 4.48. The number of benzene rings is 3. The van der Waals surface area contributed by atoms with Crippen molar-refractivity contribution in [3.8, 4) is 0 Å². The highest BCUT2D eigenvalue weighted by Crippen LogP contribution is 2.26. The molecule has 0 aliphatic heterocycles. The number of carbonyl (C=O) groups is 2. The molecule has 1 atom stereocenters. The summed E-state index contributed by atoms with van der Waals surface area (Å²) in [7, 11) is -3.89. The van der Waals surface area contributed by atoms with E-state index >= 15 is 0 Å². The molecule has 12 heteroatoms. The molecule has 3 rings (SSSR count). The third-order valence-corrected chi connectivity index (χ3v) is 8.25. The second kappa shape index (κ2) is 14.5. The predicted molar refractivity (Wildman–Crippen MR) is 167 cm³/mol. The fraction of sp³-hybridized carbons (Fsp3) is 0.355. The van der Waals surface area contributed by atoms with Crippen LogP contribution in [0.4, 0.5) is 14.5 Å². The van der Waals surface area contributed by atoms with Gasteiger partial charge in [0.05, 0.1) is 11.9 Å². The van der Waals surface area contributed by atoms with Gasteiger partial charge in [0, 0.05) is 47.6 Å². The smallest absolute Gasteiger partial charge is 0.243 e. The number of rotatable bonds is 12. The van der Waals surface area contributed by atoms with Crippen LogP contribution in [-0.2, 0) is 32.6 Å². The Morgan fingerprint density at radius 3 is 2.21 bits per heavy atom. The van der Waals surface area contributed by atoms with E-state index in [0.29, 0.717) is 15.6 Å². The number of sulfonamides is 1. The molecule has 0 saturated carbocycles. The van der Waals surface area contributed by atoms with Gasteiger partial charge in [-0.25, -0.2) is 17.2 Å². The number of hydrogen-bond donors (Lipinski definition) is 1. The van der Waals surface area contributed by atoms with Crippen LogP contribution in [0.1, 0.15) is 44.7 Å². The van der Waals surface area contributed by atoms with Crippen molar-refractivity contribution in [3.05, 3.63) is 99.5 Å². The zero-order valence-corrected chi connectivity index (χ0v) is 26.7. The first-order valence-corrected chi connectivity index (χ1v) is 16.2. The van der Waals surface area contributed by atoms with E-state index in [1.807, 2.05) is 51.1 Å². The third-order valence-electron chi connectivity index (χ3n) is 6.47. The highest BCUT2D eigenvalue weighted by Gasteiger charge is 2.32. The van der Waals surface area contributed by atoms with Crippen molar-refractivity contribution in [1.29, 1.82) is 0 Å². The molecule has 0 heterocycles. The summed E-state index contributed by atoms with van der Waals surface area (Å²) >= 11 is 12.5. The molecule has 0 fully saturated rings. The average Bonchev–Trinajstić information content (AvgIpc) is 2.90. The molecular weight excluding hydrogens is 619 g/mol. The Labute approximate surface area is 261 Å². The van der Waals surface area contributed by atoms with Gasteiger partial charge in [0.2, 0.25) is 21.8 Å². The summed E-state index contributed by atoms with van der Waals surface area (Å²) in [5.74, 6) is -3.09. The van der Waals surface area contributed by atoms with Gasteiger partial charge in [-0.1, -0.05) is 59.6 Å². The number of nitrogens with zero attached hydrogens (tertiary/aromatic N) is 2. The molecule has 0 bridgehead atoms. The monoisotopic (exact) mass is 653 g/mol. The minimum absolute atomic E-state index is 0.0110. The van der Waals surface area contributed by atoms with E-state index in [4.69, 9.17) is 23.2 Å². The maximum absolute atomic E-state index is 13.9. The zero-order valence-electron chi connectivity index (χ0n) is 24.4. The van der Waals surface area contributed by atoms with Gasteiger partial charge >= 0.3 is 0 Å². The second-order valence-electron chi connectivity index (χ2n) is 11.2. The molecule has 0 saturated heterocycles. The molecule has 0 aliphatic rings. The first-order valence-electron chi connectivity index (χ1n) is 13.6. The molecule has 43 heavy (non-hydrogen) atoms. The molecule has 2 amide bonds. The molecule has 1 unspecified atom stereocenters. The van der Waals surface area contributed by atoms with Gasteiger partial charge in [-0.3, -0.25) is 13.9 Å². The van der Waals surface area contributed by atoms with Crippen molar-refractivity contribution in [3.63, 3.8) is 0 Å². The van der Waals surface area contributed by atoms with Gasteiger partial charge < -0.3 is 10.2 Å². The topological polar surface area (TPSA) is 86.8 Å². The minimum Gasteiger partial charge on any atom is -0.350 e. The van der Waals surface area contributed by atoms with Crippen molar-refractivity contribution in [1.82, 2.24) is 10.2 Å². The molecule has 232 valence electrons. The largest absolute Gasteiger partial charge is 0.350 e. The van der Waals surface area contributed by atoms with E-state index in [9.17, 15) is 26.8 Å². The summed E-state index contributed by atoms with van der Waals surface area (Å²) in [6, 6.07) is 16.0. The average molecular weight is 655 g/mol. The van der Waals surface area contributed by atoms with E-state index in [1.54, 1.807) is 18.2 Å². The van der Waals surface area contributed by atoms with Crippen LogP contribution >= 0.6 is 23.2 Å². The van der Waals surface area contributed by atoms with E-state index < -0.39 is 39.1 Å². The van der Waals surface area contributed by atoms with E-state index in [2.05, 4.69) is 5.32 Å². The number of carbonyl (C=O) groups excluding carboxylic acids is 2. The first-order chi connectivity index (χ1) is 20.0. The van der Waals surface area contributed by atoms with Gasteiger partial charge in [0.15, 0.2) is 11.6 Å². The lowest BCUT2D eigenvalue weighted by Gasteiger charge is -2.34. The zero-order chi connectivity index (χ0) is 31.9. The summed E-state index contributed by atoms with van der Waals surface area (Å²) in [6.07, 6.45) is 1.05. The molecule has 0 radical (unpaired) electrons. The van der Waals surface area contributed by atoms with Crippen LogP contribution in [0.3, 0.4) is 0 Å². The maximum atomic E-state index is 13.9. The lowest BCUT2D eigenvalue weighted by atomic mass is 10.00. The van der Waals surface area contributed by atoms with Gasteiger partial charge in [-0.2, -0.15) is 0 Å². The third kappa shape index (κ3) is 10.2. The quantitative estimate of drug-likeness (QED) is 0.246. The predicted octanol–water partition coefficient (Wildman–Crippen LogP) is 6.37. The number of nitrogens with one attached hydrogen (secondary N) is 1. The summed E-state index contributed by atoms with van der Waals surface area (Å²) in [5, 5.41) is 3.70. The Bertz CT molecular complexity index is 1550. The normalized spacial score (nSPS) is 12.5. The number of amides is 2. The van der Waals surface area contributed by atoms with Crippen molar-refractivity contribution >= 4 is 50.7 Å². The lowest BCUT2D eigenvalue weighted by Crippen LogP contribution is -2.54. The van der Waals surface area contributed by atoms with Crippen LogP contribution in [0, 0.1) is 11.6 Å². The Kier molecular flexibility index (Phi) is 11.6. The second-order valence-corrected chi connectivity index (χ2v) is 14.0. The van der Waals surface area contributed by atoms with Crippen LogP contribution < -0.4 is 9.62 Å². The first kappa shape index (κ1) is 34.3. The Balaban J connectivity index is 1.94. The van der Waals surface area contributed by atoms with Crippen LogP contribution in [0.15, 0.2) is 66.7 Å². The van der Waals surface area contributed by atoms with Crippen molar-refractivity contribution in [2.24, 2.45) is 0 Å². The highest BCUT2D eigenvalue weighted by atomic mass is 35.5. The van der Waals surface area contributed by atoms with Crippen LogP contribution in [0.5, 0.6) is 0 Å². The van der Waals surface area contributed by atoms with Crippen molar-refractivity contribution in [2.45, 2.75) is 58.2 Å². The Hall–Kier alpha value is -3.21. The molecule has 1 N–H and O–H groups in total.